The molecule has 4 nitrogen and oxygen atoms in total. The summed E-state index contributed by atoms with van der Waals surface area (Å²) in [5.74, 6) is 1.74. The highest BCUT2D eigenvalue weighted by Crippen LogP contribution is 2.27. The topological polar surface area (TPSA) is 45.7 Å². The Hall–Kier alpha value is -2.01. The number of hydrogen-bond acceptors (Lipinski definition) is 3. The van der Waals surface area contributed by atoms with Crippen molar-refractivity contribution in [2.24, 2.45) is 4.99 Å². The molecule has 0 aliphatic carbocycles. The molecule has 124 valence electrons. The Bertz CT molecular complexity index is 632. The average molecular weight is 331 g/mol. The maximum absolute atomic E-state index is 5.20. The van der Waals surface area contributed by atoms with Crippen molar-refractivity contribution in [3.8, 4) is 16.9 Å². The summed E-state index contributed by atoms with van der Waals surface area (Å²) in [6.45, 7) is 7.84. The molecule has 0 radical (unpaired) electrons. The first-order valence-corrected chi connectivity index (χ1v) is 8.77. The SMILES string of the molecule is CCNC(=NCc1cc(-c2ccc(OC)cc2)cs1)NC(C)C. The van der Waals surface area contributed by atoms with Crippen molar-refractivity contribution < 1.29 is 4.74 Å². The zero-order valence-corrected chi connectivity index (χ0v) is 15.0. The Morgan fingerprint density at radius 2 is 1.96 bits per heavy atom. The van der Waals surface area contributed by atoms with Gasteiger partial charge >= 0.3 is 0 Å². The summed E-state index contributed by atoms with van der Waals surface area (Å²) in [5.41, 5.74) is 2.43. The molecular weight excluding hydrogens is 306 g/mol. The molecule has 0 aliphatic heterocycles. The summed E-state index contributed by atoms with van der Waals surface area (Å²) >= 11 is 1.74. The fourth-order valence-electron chi connectivity index (χ4n) is 2.15. The van der Waals surface area contributed by atoms with E-state index in [1.54, 1.807) is 18.4 Å². The molecule has 1 aromatic carbocycles. The van der Waals surface area contributed by atoms with Gasteiger partial charge in [-0.25, -0.2) is 4.99 Å². The van der Waals surface area contributed by atoms with Crippen LogP contribution in [0, 0.1) is 0 Å². The van der Waals surface area contributed by atoms with E-state index in [0.717, 1.165) is 18.3 Å². The molecule has 1 aromatic heterocycles. The molecule has 0 saturated heterocycles. The van der Waals surface area contributed by atoms with E-state index in [1.165, 1.54) is 16.0 Å². The molecule has 5 heteroatoms. The van der Waals surface area contributed by atoms with Crippen LogP contribution in [0.4, 0.5) is 0 Å². The number of aliphatic imine (C=N–C) groups is 1. The summed E-state index contributed by atoms with van der Waals surface area (Å²) in [6.07, 6.45) is 0. The van der Waals surface area contributed by atoms with Crippen LogP contribution in [0.15, 0.2) is 40.7 Å². The van der Waals surface area contributed by atoms with Crippen LogP contribution >= 0.6 is 11.3 Å². The molecule has 0 amide bonds. The predicted octanol–water partition coefficient (Wildman–Crippen LogP) is 3.89. The van der Waals surface area contributed by atoms with Gasteiger partial charge < -0.3 is 15.4 Å². The molecular formula is C18H25N3OS. The highest BCUT2D eigenvalue weighted by Gasteiger charge is 2.04. The van der Waals surface area contributed by atoms with E-state index in [2.05, 4.69) is 60.0 Å². The second-order valence-electron chi connectivity index (χ2n) is 5.52. The van der Waals surface area contributed by atoms with E-state index in [4.69, 9.17) is 4.74 Å². The fourth-order valence-corrected chi connectivity index (χ4v) is 2.97. The van der Waals surface area contributed by atoms with Gasteiger partial charge in [0.15, 0.2) is 5.96 Å². The Morgan fingerprint density at radius 3 is 2.57 bits per heavy atom. The maximum Gasteiger partial charge on any atom is 0.191 e. The highest BCUT2D eigenvalue weighted by molar-refractivity contribution is 7.10. The van der Waals surface area contributed by atoms with Crippen molar-refractivity contribution in [2.45, 2.75) is 33.4 Å². The summed E-state index contributed by atoms with van der Waals surface area (Å²) in [7, 11) is 1.68. The molecule has 23 heavy (non-hydrogen) atoms. The molecule has 2 rings (SSSR count). The second kappa shape index (κ2) is 8.58. The highest BCUT2D eigenvalue weighted by atomic mass is 32.1. The normalized spacial score (nSPS) is 11.6. The molecule has 0 unspecified atom stereocenters. The van der Waals surface area contributed by atoms with Gasteiger partial charge in [0.1, 0.15) is 5.75 Å². The van der Waals surface area contributed by atoms with E-state index in [0.29, 0.717) is 12.6 Å². The number of hydrogen-bond donors (Lipinski definition) is 2. The first-order chi connectivity index (χ1) is 11.1. The third-order valence-corrected chi connectivity index (χ3v) is 4.16. The minimum absolute atomic E-state index is 0.367. The van der Waals surface area contributed by atoms with E-state index < -0.39 is 0 Å². The smallest absolute Gasteiger partial charge is 0.191 e. The number of benzene rings is 1. The van der Waals surface area contributed by atoms with Crippen LogP contribution < -0.4 is 15.4 Å². The van der Waals surface area contributed by atoms with Crippen molar-refractivity contribution in [3.05, 3.63) is 40.6 Å². The Kier molecular flexibility index (Phi) is 6.47. The van der Waals surface area contributed by atoms with Gasteiger partial charge in [-0.2, -0.15) is 0 Å². The zero-order chi connectivity index (χ0) is 16.7. The van der Waals surface area contributed by atoms with Gasteiger partial charge in [-0.15, -0.1) is 11.3 Å². The van der Waals surface area contributed by atoms with Crippen molar-refractivity contribution in [1.82, 2.24) is 10.6 Å². The lowest BCUT2D eigenvalue weighted by Gasteiger charge is -2.13. The zero-order valence-electron chi connectivity index (χ0n) is 14.2. The molecule has 0 atom stereocenters. The lowest BCUT2D eigenvalue weighted by Crippen LogP contribution is -2.40. The van der Waals surface area contributed by atoms with Gasteiger partial charge in [0.05, 0.1) is 13.7 Å². The maximum atomic E-state index is 5.20. The van der Waals surface area contributed by atoms with Gasteiger partial charge in [0, 0.05) is 17.5 Å². The number of nitrogens with one attached hydrogen (secondary N) is 2. The molecule has 0 saturated carbocycles. The van der Waals surface area contributed by atoms with Crippen LogP contribution in [0.2, 0.25) is 0 Å². The first-order valence-electron chi connectivity index (χ1n) is 7.89. The van der Waals surface area contributed by atoms with E-state index >= 15 is 0 Å². The van der Waals surface area contributed by atoms with E-state index in [-0.39, 0.29) is 0 Å². The number of methoxy groups -OCH3 is 1. The van der Waals surface area contributed by atoms with Crippen LogP contribution in [-0.2, 0) is 6.54 Å². The van der Waals surface area contributed by atoms with Gasteiger partial charge in [0.2, 0.25) is 0 Å². The molecule has 0 bridgehead atoms. The number of nitrogens with zero attached hydrogens (tertiary/aromatic N) is 1. The van der Waals surface area contributed by atoms with Crippen molar-refractivity contribution in [2.75, 3.05) is 13.7 Å². The lowest BCUT2D eigenvalue weighted by molar-refractivity contribution is 0.415. The van der Waals surface area contributed by atoms with Gasteiger partial charge in [0.25, 0.3) is 0 Å². The monoisotopic (exact) mass is 331 g/mol. The summed E-state index contributed by atoms with van der Waals surface area (Å²) in [4.78, 5) is 5.89. The van der Waals surface area contributed by atoms with Crippen molar-refractivity contribution in [1.29, 1.82) is 0 Å². The molecule has 2 N–H and O–H groups in total. The van der Waals surface area contributed by atoms with Gasteiger partial charge in [-0.05, 0) is 55.5 Å². The van der Waals surface area contributed by atoms with Crippen LogP contribution in [-0.4, -0.2) is 25.7 Å². The second-order valence-corrected chi connectivity index (χ2v) is 6.52. The number of ether oxygens (including phenoxy) is 1. The Morgan fingerprint density at radius 1 is 1.22 bits per heavy atom. The summed E-state index contributed by atoms with van der Waals surface area (Å²) < 4.78 is 5.20. The lowest BCUT2D eigenvalue weighted by atomic mass is 10.1. The van der Waals surface area contributed by atoms with Gasteiger partial charge in [-0.3, -0.25) is 0 Å². The van der Waals surface area contributed by atoms with Crippen molar-refractivity contribution >= 4 is 17.3 Å². The molecule has 1 heterocycles. The van der Waals surface area contributed by atoms with E-state index in [1.807, 2.05) is 12.1 Å². The van der Waals surface area contributed by atoms with Gasteiger partial charge in [-0.1, -0.05) is 12.1 Å². The largest absolute Gasteiger partial charge is 0.497 e. The summed E-state index contributed by atoms with van der Waals surface area (Å²) in [6, 6.07) is 10.7. The van der Waals surface area contributed by atoms with Crippen LogP contribution in [0.25, 0.3) is 11.1 Å². The Labute approximate surface area is 142 Å². The minimum atomic E-state index is 0.367. The minimum Gasteiger partial charge on any atom is -0.497 e. The number of guanidine groups is 1. The summed E-state index contributed by atoms with van der Waals surface area (Å²) in [5, 5.41) is 8.77. The van der Waals surface area contributed by atoms with Crippen LogP contribution in [0.1, 0.15) is 25.6 Å². The standard InChI is InChI=1S/C18H25N3OS/c1-5-19-18(21-13(2)3)20-11-17-10-15(12-23-17)14-6-8-16(22-4)9-7-14/h6-10,12-13H,5,11H2,1-4H3,(H2,19,20,21). The molecule has 2 aromatic rings. The Balaban J connectivity index is 2.05. The van der Waals surface area contributed by atoms with Crippen LogP contribution in [0.5, 0.6) is 5.75 Å². The van der Waals surface area contributed by atoms with Crippen LogP contribution in [0.3, 0.4) is 0 Å². The number of thiophene rings is 1. The third-order valence-electron chi connectivity index (χ3n) is 3.24. The number of rotatable bonds is 6. The molecule has 0 spiro atoms. The molecule has 0 aliphatic rings. The van der Waals surface area contributed by atoms with Crippen molar-refractivity contribution in [3.63, 3.8) is 0 Å². The average Bonchev–Trinajstić information content (AvgIpc) is 3.01. The quantitative estimate of drug-likeness (QED) is 0.623. The fraction of sp³-hybridized carbons (Fsp3) is 0.389. The van der Waals surface area contributed by atoms with E-state index in [9.17, 15) is 0 Å². The third kappa shape index (κ3) is 5.28. The predicted molar refractivity (Wildman–Crippen MR) is 99.4 cm³/mol. The molecule has 0 fully saturated rings. The first kappa shape index (κ1) is 17.3.